The third-order valence-corrected chi connectivity index (χ3v) is 4.08. The summed E-state index contributed by atoms with van der Waals surface area (Å²) in [6.45, 7) is 6.03. The summed E-state index contributed by atoms with van der Waals surface area (Å²) in [5.41, 5.74) is 3.67. The van der Waals surface area contributed by atoms with Gasteiger partial charge in [-0.1, -0.05) is 60.7 Å². The molecule has 3 rings (SSSR count). The lowest BCUT2D eigenvalue weighted by Crippen LogP contribution is -2.16. The third-order valence-electron chi connectivity index (χ3n) is 4.08. The third kappa shape index (κ3) is 3.70. The minimum atomic E-state index is 0.0769. The first-order chi connectivity index (χ1) is 11.6. The summed E-state index contributed by atoms with van der Waals surface area (Å²) < 4.78 is 12.0. The lowest BCUT2D eigenvalue weighted by Gasteiger charge is -2.28. The van der Waals surface area contributed by atoms with Gasteiger partial charge in [0.2, 0.25) is 0 Å². The van der Waals surface area contributed by atoms with E-state index in [1.807, 2.05) is 32.9 Å². The maximum atomic E-state index is 6.01. The van der Waals surface area contributed by atoms with E-state index in [0.29, 0.717) is 5.95 Å². The van der Waals surface area contributed by atoms with Crippen LogP contribution in [0.1, 0.15) is 44.2 Å². The smallest absolute Gasteiger partial charge is 0.285 e. The van der Waals surface area contributed by atoms with E-state index in [2.05, 4.69) is 54.6 Å². The van der Waals surface area contributed by atoms with E-state index in [1.54, 1.807) is 0 Å². The molecule has 124 valence electrons. The molecule has 0 atom stereocenters. The maximum absolute atomic E-state index is 6.01. The number of ether oxygens (including phenoxy) is 2. The summed E-state index contributed by atoms with van der Waals surface area (Å²) >= 11 is 0. The predicted molar refractivity (Wildman–Crippen MR) is 97.4 cm³/mol. The summed E-state index contributed by atoms with van der Waals surface area (Å²) in [5.74, 6) is 1.68. The van der Waals surface area contributed by atoms with Gasteiger partial charge in [0.15, 0.2) is 0 Å². The summed E-state index contributed by atoms with van der Waals surface area (Å²) in [7, 11) is 0. The highest BCUT2D eigenvalue weighted by atomic mass is 16.7. The van der Waals surface area contributed by atoms with Crippen molar-refractivity contribution in [2.45, 2.75) is 39.2 Å². The van der Waals surface area contributed by atoms with Crippen molar-refractivity contribution in [1.82, 2.24) is 0 Å². The summed E-state index contributed by atoms with van der Waals surface area (Å²) in [5, 5.41) is 0. The molecule has 0 saturated heterocycles. The fourth-order valence-corrected chi connectivity index (χ4v) is 3.03. The Kier molecular flexibility index (Phi) is 5.05. The van der Waals surface area contributed by atoms with Gasteiger partial charge in [0.1, 0.15) is 5.76 Å². The second kappa shape index (κ2) is 7.39. The molecular weight excluding hydrogens is 296 g/mol. The van der Waals surface area contributed by atoms with Crippen molar-refractivity contribution in [2.75, 3.05) is 0 Å². The van der Waals surface area contributed by atoms with Crippen molar-refractivity contribution in [1.29, 1.82) is 0 Å². The van der Waals surface area contributed by atoms with Crippen molar-refractivity contribution in [3.05, 3.63) is 95.1 Å². The average molecular weight is 320 g/mol. The zero-order valence-electron chi connectivity index (χ0n) is 14.5. The van der Waals surface area contributed by atoms with Crippen molar-refractivity contribution in [3.8, 4) is 0 Å². The molecule has 0 fully saturated rings. The molecule has 2 aromatic carbocycles. The van der Waals surface area contributed by atoms with Gasteiger partial charge >= 0.3 is 0 Å². The molecule has 1 heterocycles. The van der Waals surface area contributed by atoms with Crippen LogP contribution in [0, 0.1) is 0 Å². The first-order valence-corrected chi connectivity index (χ1v) is 8.49. The number of hydrogen-bond donors (Lipinski definition) is 0. The summed E-state index contributed by atoms with van der Waals surface area (Å²) in [6, 6.07) is 21.1. The molecule has 0 unspecified atom stereocenters. The fourth-order valence-electron chi connectivity index (χ4n) is 3.03. The van der Waals surface area contributed by atoms with Crippen LogP contribution in [0.5, 0.6) is 0 Å². The lowest BCUT2D eigenvalue weighted by atomic mass is 9.83. The van der Waals surface area contributed by atoms with Crippen molar-refractivity contribution in [2.24, 2.45) is 0 Å². The summed E-state index contributed by atoms with van der Waals surface area (Å²) in [4.78, 5) is 0. The molecule has 1 aliphatic rings. The Balaban J connectivity index is 2.10. The molecule has 0 spiro atoms. The topological polar surface area (TPSA) is 18.5 Å². The Bertz CT molecular complexity index is 688. The summed E-state index contributed by atoms with van der Waals surface area (Å²) in [6.07, 6.45) is 3.04. The van der Waals surface area contributed by atoms with Crippen molar-refractivity contribution >= 4 is 0 Å². The number of rotatable bonds is 5. The molecule has 0 aliphatic carbocycles. The SMILES string of the molecule is CC1=CCC(C(c2ccccc2)c2ccccc2)=C(OC(C)C)O1. The van der Waals surface area contributed by atoms with Gasteiger partial charge in [-0.25, -0.2) is 0 Å². The zero-order chi connectivity index (χ0) is 16.9. The molecule has 2 aromatic rings. The van der Waals surface area contributed by atoms with Gasteiger partial charge in [0.25, 0.3) is 5.95 Å². The Hall–Kier alpha value is -2.48. The van der Waals surface area contributed by atoms with Crippen LogP contribution in [0.25, 0.3) is 0 Å². The van der Waals surface area contributed by atoms with E-state index >= 15 is 0 Å². The van der Waals surface area contributed by atoms with Gasteiger partial charge < -0.3 is 9.47 Å². The Labute approximate surface area is 144 Å². The zero-order valence-corrected chi connectivity index (χ0v) is 14.5. The average Bonchev–Trinajstić information content (AvgIpc) is 2.58. The lowest BCUT2D eigenvalue weighted by molar-refractivity contribution is 0.0255. The first kappa shape index (κ1) is 16.4. The van der Waals surface area contributed by atoms with E-state index < -0.39 is 0 Å². The van der Waals surface area contributed by atoms with Gasteiger partial charge in [-0.15, -0.1) is 0 Å². The minimum absolute atomic E-state index is 0.0769. The molecule has 0 N–H and O–H groups in total. The standard InChI is InChI=1S/C22H24O2/c1-16(2)23-22-20(15-14-17(3)24-22)21(18-10-6-4-7-11-18)19-12-8-5-9-13-19/h4-14,16,21H,15H2,1-3H3. The van der Waals surface area contributed by atoms with Gasteiger partial charge in [-0.05, 0) is 44.4 Å². The largest absolute Gasteiger partial charge is 0.462 e. The van der Waals surface area contributed by atoms with E-state index in [1.165, 1.54) is 16.7 Å². The van der Waals surface area contributed by atoms with Gasteiger partial charge in [0, 0.05) is 11.5 Å². The number of hydrogen-bond acceptors (Lipinski definition) is 2. The predicted octanol–water partition coefficient (Wildman–Crippen LogP) is 5.78. The van der Waals surface area contributed by atoms with E-state index in [0.717, 1.165) is 12.2 Å². The van der Waals surface area contributed by atoms with E-state index in [-0.39, 0.29) is 12.0 Å². The van der Waals surface area contributed by atoms with Crippen LogP contribution in [0.15, 0.2) is 84.0 Å². The van der Waals surface area contributed by atoms with Crippen molar-refractivity contribution < 1.29 is 9.47 Å². The second-order valence-electron chi connectivity index (χ2n) is 6.35. The Morgan fingerprint density at radius 3 is 1.92 bits per heavy atom. The molecule has 2 heteroatoms. The van der Waals surface area contributed by atoms with Crippen LogP contribution in [0.4, 0.5) is 0 Å². The molecular formula is C22H24O2. The molecule has 0 amide bonds. The maximum Gasteiger partial charge on any atom is 0.285 e. The second-order valence-corrected chi connectivity index (χ2v) is 6.35. The number of allylic oxidation sites excluding steroid dienone is 3. The van der Waals surface area contributed by atoms with Crippen LogP contribution >= 0.6 is 0 Å². The quantitative estimate of drug-likeness (QED) is 0.695. The highest BCUT2D eigenvalue weighted by Gasteiger charge is 2.27. The highest BCUT2D eigenvalue weighted by molar-refractivity contribution is 5.42. The normalized spacial score (nSPS) is 14.6. The van der Waals surface area contributed by atoms with Gasteiger partial charge in [-0.3, -0.25) is 0 Å². The molecule has 0 bridgehead atoms. The molecule has 0 saturated carbocycles. The van der Waals surface area contributed by atoms with Gasteiger partial charge in [0.05, 0.1) is 6.10 Å². The van der Waals surface area contributed by atoms with Crippen LogP contribution in [-0.2, 0) is 9.47 Å². The van der Waals surface area contributed by atoms with E-state index in [9.17, 15) is 0 Å². The van der Waals surface area contributed by atoms with Gasteiger partial charge in [-0.2, -0.15) is 0 Å². The molecule has 24 heavy (non-hydrogen) atoms. The van der Waals surface area contributed by atoms with Crippen LogP contribution in [0.2, 0.25) is 0 Å². The van der Waals surface area contributed by atoms with Crippen LogP contribution < -0.4 is 0 Å². The molecule has 0 aromatic heterocycles. The first-order valence-electron chi connectivity index (χ1n) is 8.49. The monoisotopic (exact) mass is 320 g/mol. The molecule has 0 radical (unpaired) electrons. The van der Waals surface area contributed by atoms with Crippen LogP contribution in [0.3, 0.4) is 0 Å². The van der Waals surface area contributed by atoms with E-state index in [4.69, 9.17) is 9.47 Å². The fraction of sp³-hybridized carbons (Fsp3) is 0.273. The number of benzene rings is 2. The molecule has 2 nitrogen and oxygen atoms in total. The molecule has 1 aliphatic heterocycles. The highest BCUT2D eigenvalue weighted by Crippen LogP contribution is 2.39. The Morgan fingerprint density at radius 1 is 0.875 bits per heavy atom. The minimum Gasteiger partial charge on any atom is -0.462 e. The Morgan fingerprint density at radius 2 is 1.42 bits per heavy atom. The van der Waals surface area contributed by atoms with Crippen molar-refractivity contribution in [3.63, 3.8) is 0 Å². The van der Waals surface area contributed by atoms with Crippen LogP contribution in [-0.4, -0.2) is 6.10 Å².